The number of hydrogen-bond donors (Lipinski definition) is 2. The van der Waals surface area contributed by atoms with E-state index in [0.717, 1.165) is 5.56 Å². The first kappa shape index (κ1) is 16.0. The number of benzene rings is 1. The average molecular weight is 279 g/mol. The molecule has 0 aliphatic heterocycles. The second kappa shape index (κ2) is 5.94. The van der Waals surface area contributed by atoms with Gasteiger partial charge >= 0.3 is 5.97 Å². The summed E-state index contributed by atoms with van der Waals surface area (Å²) in [7, 11) is 1.48. The molecule has 20 heavy (non-hydrogen) atoms. The number of carbonyl (C=O) groups excluding carboxylic acids is 1. The van der Waals surface area contributed by atoms with Crippen LogP contribution in [0, 0.1) is 12.3 Å². The van der Waals surface area contributed by atoms with E-state index in [1.165, 1.54) is 7.11 Å². The zero-order valence-electron chi connectivity index (χ0n) is 12.5. The number of rotatable bonds is 4. The van der Waals surface area contributed by atoms with Gasteiger partial charge in [-0.05, 0) is 18.6 Å². The first-order valence-corrected chi connectivity index (χ1v) is 6.36. The van der Waals surface area contributed by atoms with E-state index in [-0.39, 0.29) is 12.3 Å². The molecule has 0 unspecified atom stereocenters. The molecule has 0 spiro atoms. The van der Waals surface area contributed by atoms with Crippen molar-refractivity contribution in [1.29, 1.82) is 0 Å². The lowest BCUT2D eigenvalue weighted by Gasteiger charge is -2.21. The van der Waals surface area contributed by atoms with Crippen molar-refractivity contribution in [3.8, 4) is 5.75 Å². The molecular formula is C15H21NO4. The molecule has 0 aliphatic carbocycles. The van der Waals surface area contributed by atoms with Crippen LogP contribution < -0.4 is 10.1 Å². The predicted octanol–water partition coefficient (Wildman–Crippen LogP) is 2.62. The number of anilines is 1. The minimum atomic E-state index is -0.972. The van der Waals surface area contributed by atoms with Crippen LogP contribution in [-0.2, 0) is 16.0 Å². The molecule has 0 radical (unpaired) electrons. The minimum absolute atomic E-state index is 0.166. The number of ether oxygens (including phenoxy) is 1. The van der Waals surface area contributed by atoms with Crippen molar-refractivity contribution < 1.29 is 19.4 Å². The van der Waals surface area contributed by atoms with E-state index in [1.807, 2.05) is 6.92 Å². The van der Waals surface area contributed by atoms with Gasteiger partial charge in [0, 0.05) is 11.0 Å². The van der Waals surface area contributed by atoms with E-state index in [9.17, 15) is 9.59 Å². The molecular weight excluding hydrogens is 258 g/mol. The quantitative estimate of drug-likeness (QED) is 0.888. The van der Waals surface area contributed by atoms with Gasteiger partial charge in [0.2, 0.25) is 5.91 Å². The Balaban J connectivity index is 3.28. The summed E-state index contributed by atoms with van der Waals surface area (Å²) in [5, 5.41) is 11.8. The van der Waals surface area contributed by atoms with Gasteiger partial charge in [-0.2, -0.15) is 0 Å². The number of methoxy groups -OCH3 is 1. The third-order valence-corrected chi connectivity index (χ3v) is 2.95. The Hall–Kier alpha value is -2.04. The lowest BCUT2D eigenvalue weighted by Crippen LogP contribution is -2.28. The van der Waals surface area contributed by atoms with Gasteiger partial charge in [-0.1, -0.05) is 26.8 Å². The molecule has 0 saturated heterocycles. The molecule has 1 aromatic carbocycles. The SMILES string of the molecule is COc1ccc(C)c(NC(=O)C(C)(C)C)c1CC(=O)O. The van der Waals surface area contributed by atoms with Crippen LogP contribution in [0.3, 0.4) is 0 Å². The zero-order valence-corrected chi connectivity index (χ0v) is 12.5. The lowest BCUT2D eigenvalue weighted by molar-refractivity contribution is -0.136. The monoisotopic (exact) mass is 279 g/mol. The summed E-state index contributed by atoms with van der Waals surface area (Å²) >= 11 is 0. The Morgan fingerprint density at radius 3 is 2.35 bits per heavy atom. The fraction of sp³-hybridized carbons (Fsp3) is 0.467. The Bertz CT molecular complexity index is 529. The standard InChI is InChI=1S/C15H21NO4/c1-9-6-7-11(20-5)10(8-12(17)18)13(9)16-14(19)15(2,3)4/h6-7H,8H2,1-5H3,(H,16,19)(H,17,18). The highest BCUT2D eigenvalue weighted by atomic mass is 16.5. The molecule has 0 fully saturated rings. The van der Waals surface area contributed by atoms with Crippen molar-refractivity contribution in [1.82, 2.24) is 0 Å². The van der Waals surface area contributed by atoms with Crippen molar-refractivity contribution >= 4 is 17.6 Å². The number of amides is 1. The third kappa shape index (κ3) is 3.73. The van der Waals surface area contributed by atoms with Crippen molar-refractivity contribution in [2.75, 3.05) is 12.4 Å². The highest BCUT2D eigenvalue weighted by Gasteiger charge is 2.24. The molecule has 0 atom stereocenters. The summed E-state index contributed by atoms with van der Waals surface area (Å²) in [4.78, 5) is 23.1. The molecule has 110 valence electrons. The second-order valence-electron chi connectivity index (χ2n) is 5.71. The summed E-state index contributed by atoms with van der Waals surface area (Å²) in [6, 6.07) is 3.50. The van der Waals surface area contributed by atoms with Crippen LogP contribution in [-0.4, -0.2) is 24.1 Å². The molecule has 0 heterocycles. The number of nitrogens with one attached hydrogen (secondary N) is 1. The van der Waals surface area contributed by atoms with E-state index in [0.29, 0.717) is 17.0 Å². The summed E-state index contributed by atoms with van der Waals surface area (Å²) < 4.78 is 5.19. The van der Waals surface area contributed by atoms with Gasteiger partial charge in [0.25, 0.3) is 0 Å². The molecule has 0 aliphatic rings. The van der Waals surface area contributed by atoms with Crippen LogP contribution in [0.4, 0.5) is 5.69 Å². The number of carboxylic acids is 1. The lowest BCUT2D eigenvalue weighted by atomic mass is 9.94. The predicted molar refractivity (Wildman–Crippen MR) is 77.2 cm³/mol. The summed E-state index contributed by atoms with van der Waals surface area (Å²) in [6.07, 6.45) is -0.204. The summed E-state index contributed by atoms with van der Waals surface area (Å²) in [6.45, 7) is 7.22. The van der Waals surface area contributed by atoms with Crippen molar-refractivity contribution in [2.24, 2.45) is 5.41 Å². The average Bonchev–Trinajstić information content (AvgIpc) is 2.32. The second-order valence-corrected chi connectivity index (χ2v) is 5.71. The molecule has 1 amide bonds. The zero-order chi connectivity index (χ0) is 15.5. The minimum Gasteiger partial charge on any atom is -0.496 e. The maximum absolute atomic E-state index is 12.1. The molecule has 0 aromatic heterocycles. The molecule has 1 aromatic rings. The third-order valence-electron chi connectivity index (χ3n) is 2.95. The van der Waals surface area contributed by atoms with Gasteiger partial charge in [-0.15, -0.1) is 0 Å². The van der Waals surface area contributed by atoms with Crippen molar-refractivity contribution in [2.45, 2.75) is 34.1 Å². The van der Waals surface area contributed by atoms with Crippen LogP contribution in [0.15, 0.2) is 12.1 Å². The highest BCUT2D eigenvalue weighted by Crippen LogP contribution is 2.31. The van der Waals surface area contributed by atoms with E-state index in [2.05, 4.69) is 5.32 Å². The van der Waals surface area contributed by atoms with Crippen LogP contribution in [0.5, 0.6) is 5.75 Å². The normalized spacial score (nSPS) is 11.1. The fourth-order valence-electron chi connectivity index (χ4n) is 1.74. The topological polar surface area (TPSA) is 75.6 Å². The Kier molecular flexibility index (Phi) is 4.76. The van der Waals surface area contributed by atoms with Crippen LogP contribution in [0.1, 0.15) is 31.9 Å². The van der Waals surface area contributed by atoms with Gasteiger partial charge < -0.3 is 15.2 Å². The molecule has 5 nitrogen and oxygen atoms in total. The first-order valence-electron chi connectivity index (χ1n) is 6.36. The fourth-order valence-corrected chi connectivity index (χ4v) is 1.74. The summed E-state index contributed by atoms with van der Waals surface area (Å²) in [5.41, 5.74) is 1.25. The van der Waals surface area contributed by atoms with Crippen LogP contribution in [0.2, 0.25) is 0 Å². The molecule has 5 heteroatoms. The molecule has 2 N–H and O–H groups in total. The van der Waals surface area contributed by atoms with Gasteiger partial charge in [0.1, 0.15) is 5.75 Å². The molecule has 0 saturated carbocycles. The largest absolute Gasteiger partial charge is 0.496 e. The maximum Gasteiger partial charge on any atom is 0.308 e. The molecule has 1 rings (SSSR count). The van der Waals surface area contributed by atoms with Crippen molar-refractivity contribution in [3.05, 3.63) is 23.3 Å². The Morgan fingerprint density at radius 2 is 1.90 bits per heavy atom. The number of carboxylic acid groups (broad SMARTS) is 1. The molecule has 0 bridgehead atoms. The number of aliphatic carboxylic acids is 1. The smallest absolute Gasteiger partial charge is 0.308 e. The maximum atomic E-state index is 12.1. The van der Waals surface area contributed by atoms with Crippen molar-refractivity contribution in [3.63, 3.8) is 0 Å². The number of aryl methyl sites for hydroxylation is 1. The van der Waals surface area contributed by atoms with Crippen LogP contribution >= 0.6 is 0 Å². The highest BCUT2D eigenvalue weighted by molar-refractivity contribution is 5.97. The van der Waals surface area contributed by atoms with E-state index in [4.69, 9.17) is 9.84 Å². The Labute approximate surface area is 118 Å². The number of hydrogen-bond acceptors (Lipinski definition) is 3. The van der Waals surface area contributed by atoms with Gasteiger partial charge in [0.05, 0.1) is 19.2 Å². The van der Waals surface area contributed by atoms with Crippen LogP contribution in [0.25, 0.3) is 0 Å². The van der Waals surface area contributed by atoms with E-state index >= 15 is 0 Å². The first-order chi connectivity index (χ1) is 9.16. The van der Waals surface area contributed by atoms with Gasteiger partial charge in [-0.3, -0.25) is 9.59 Å². The van der Waals surface area contributed by atoms with Gasteiger partial charge in [-0.25, -0.2) is 0 Å². The van der Waals surface area contributed by atoms with Gasteiger partial charge in [0.15, 0.2) is 0 Å². The number of carbonyl (C=O) groups is 2. The summed E-state index contributed by atoms with van der Waals surface area (Å²) in [5.74, 6) is -0.678. The van der Waals surface area contributed by atoms with E-state index < -0.39 is 11.4 Å². The van der Waals surface area contributed by atoms with E-state index in [1.54, 1.807) is 32.9 Å². The Morgan fingerprint density at radius 1 is 1.30 bits per heavy atom.